The van der Waals surface area contributed by atoms with Gasteiger partial charge in [0.2, 0.25) is 0 Å². The van der Waals surface area contributed by atoms with Crippen molar-refractivity contribution < 1.29 is 14.6 Å². The summed E-state index contributed by atoms with van der Waals surface area (Å²) in [7, 11) is 3.38. The van der Waals surface area contributed by atoms with Gasteiger partial charge in [0.1, 0.15) is 16.8 Å². The SMILES string of the molecule is COc1cc(C(CC(=O)O)c2ccccc2)cc2nnn(C)c12. The van der Waals surface area contributed by atoms with Gasteiger partial charge in [0.15, 0.2) is 0 Å². The number of methoxy groups -OCH3 is 1. The lowest BCUT2D eigenvalue weighted by atomic mass is 9.88. The molecule has 0 radical (unpaired) electrons. The summed E-state index contributed by atoms with van der Waals surface area (Å²) >= 11 is 0. The molecule has 0 aliphatic heterocycles. The van der Waals surface area contributed by atoms with Crippen LogP contribution in [0.25, 0.3) is 11.0 Å². The van der Waals surface area contributed by atoms with Crippen LogP contribution in [0.2, 0.25) is 0 Å². The van der Waals surface area contributed by atoms with Crippen LogP contribution >= 0.6 is 0 Å². The van der Waals surface area contributed by atoms with Gasteiger partial charge in [0, 0.05) is 13.0 Å². The van der Waals surface area contributed by atoms with Crippen LogP contribution < -0.4 is 4.74 Å². The van der Waals surface area contributed by atoms with Crippen LogP contribution in [0.1, 0.15) is 23.5 Å². The lowest BCUT2D eigenvalue weighted by Gasteiger charge is -2.17. The Bertz CT molecular complexity index is 843. The van der Waals surface area contributed by atoms with Crippen molar-refractivity contribution in [3.05, 3.63) is 53.6 Å². The summed E-state index contributed by atoms with van der Waals surface area (Å²) in [6, 6.07) is 13.3. The molecule has 3 aromatic rings. The number of aromatic nitrogens is 3. The second-order valence-corrected chi connectivity index (χ2v) is 5.37. The number of fused-ring (bicyclic) bond motifs is 1. The molecule has 1 atom stereocenters. The zero-order chi connectivity index (χ0) is 16.4. The lowest BCUT2D eigenvalue weighted by molar-refractivity contribution is -0.137. The van der Waals surface area contributed by atoms with E-state index in [2.05, 4.69) is 10.3 Å². The summed E-state index contributed by atoms with van der Waals surface area (Å²) in [6.07, 6.45) is -0.00106. The number of rotatable bonds is 5. The molecule has 3 rings (SSSR count). The van der Waals surface area contributed by atoms with Crippen molar-refractivity contribution in [2.75, 3.05) is 7.11 Å². The molecule has 0 spiro atoms. The maximum atomic E-state index is 11.3. The number of aryl methyl sites for hydroxylation is 1. The first-order valence-electron chi connectivity index (χ1n) is 7.24. The molecule has 2 aromatic carbocycles. The summed E-state index contributed by atoms with van der Waals surface area (Å²) in [5.41, 5.74) is 3.27. The highest BCUT2D eigenvalue weighted by atomic mass is 16.5. The molecule has 1 aromatic heterocycles. The number of ether oxygens (including phenoxy) is 1. The average molecular weight is 311 g/mol. The van der Waals surface area contributed by atoms with Crippen LogP contribution in [-0.2, 0) is 11.8 Å². The Labute approximate surface area is 133 Å². The maximum Gasteiger partial charge on any atom is 0.304 e. The smallest absolute Gasteiger partial charge is 0.304 e. The van der Waals surface area contributed by atoms with Gasteiger partial charge < -0.3 is 9.84 Å². The average Bonchev–Trinajstić information content (AvgIpc) is 2.94. The third kappa shape index (κ3) is 2.88. The molecule has 1 unspecified atom stereocenters. The second-order valence-electron chi connectivity index (χ2n) is 5.37. The second kappa shape index (κ2) is 6.08. The molecule has 0 aliphatic rings. The van der Waals surface area contributed by atoms with Crippen LogP contribution in [0.15, 0.2) is 42.5 Å². The Kier molecular flexibility index (Phi) is 3.97. The number of nitrogens with zero attached hydrogens (tertiary/aromatic N) is 3. The van der Waals surface area contributed by atoms with Gasteiger partial charge >= 0.3 is 5.97 Å². The van der Waals surface area contributed by atoms with Crippen molar-refractivity contribution >= 4 is 17.0 Å². The van der Waals surface area contributed by atoms with E-state index in [1.165, 1.54) is 0 Å². The van der Waals surface area contributed by atoms with E-state index in [1.807, 2.05) is 42.5 Å². The van der Waals surface area contributed by atoms with Gasteiger partial charge in [-0.1, -0.05) is 35.5 Å². The van der Waals surface area contributed by atoms with Crippen molar-refractivity contribution in [3.63, 3.8) is 0 Å². The molecule has 0 saturated carbocycles. The van der Waals surface area contributed by atoms with E-state index in [0.717, 1.165) is 16.6 Å². The van der Waals surface area contributed by atoms with E-state index in [9.17, 15) is 9.90 Å². The molecule has 6 heteroatoms. The van der Waals surface area contributed by atoms with Crippen molar-refractivity contribution in [3.8, 4) is 5.75 Å². The molecule has 6 nitrogen and oxygen atoms in total. The van der Waals surface area contributed by atoms with Crippen LogP contribution in [0, 0.1) is 0 Å². The van der Waals surface area contributed by atoms with E-state index in [1.54, 1.807) is 18.8 Å². The van der Waals surface area contributed by atoms with Crippen molar-refractivity contribution in [2.24, 2.45) is 7.05 Å². The summed E-state index contributed by atoms with van der Waals surface area (Å²) in [5.74, 6) is -0.484. The Morgan fingerprint density at radius 2 is 2.00 bits per heavy atom. The molecule has 0 fully saturated rings. The van der Waals surface area contributed by atoms with Gasteiger partial charge in [-0.2, -0.15) is 0 Å². The van der Waals surface area contributed by atoms with Gasteiger partial charge in [-0.25, -0.2) is 4.68 Å². The monoisotopic (exact) mass is 311 g/mol. The highest BCUT2D eigenvalue weighted by Crippen LogP contribution is 2.34. The van der Waals surface area contributed by atoms with Crippen LogP contribution in [0.5, 0.6) is 5.75 Å². The van der Waals surface area contributed by atoms with Gasteiger partial charge in [-0.3, -0.25) is 4.79 Å². The highest BCUT2D eigenvalue weighted by molar-refractivity contribution is 5.83. The van der Waals surface area contributed by atoms with Crippen LogP contribution in [-0.4, -0.2) is 33.2 Å². The molecular formula is C17H17N3O3. The zero-order valence-corrected chi connectivity index (χ0v) is 12.9. The number of benzene rings is 2. The minimum Gasteiger partial charge on any atom is -0.494 e. The predicted molar refractivity (Wildman–Crippen MR) is 85.6 cm³/mol. The maximum absolute atomic E-state index is 11.3. The molecule has 23 heavy (non-hydrogen) atoms. The van der Waals surface area contributed by atoms with Crippen molar-refractivity contribution in [1.29, 1.82) is 0 Å². The first-order chi connectivity index (χ1) is 11.1. The number of hydrogen-bond donors (Lipinski definition) is 1. The first-order valence-corrected chi connectivity index (χ1v) is 7.24. The number of carboxylic acid groups (broad SMARTS) is 1. The lowest BCUT2D eigenvalue weighted by Crippen LogP contribution is -2.08. The molecule has 0 saturated heterocycles. The summed E-state index contributed by atoms with van der Waals surface area (Å²) in [6.45, 7) is 0. The van der Waals surface area contributed by atoms with Gasteiger partial charge in [0.05, 0.1) is 13.5 Å². The Morgan fingerprint density at radius 1 is 1.26 bits per heavy atom. The molecule has 0 amide bonds. The third-order valence-electron chi connectivity index (χ3n) is 3.89. The normalized spacial score (nSPS) is 12.3. The molecule has 0 bridgehead atoms. The predicted octanol–water partition coefficient (Wildman–Crippen LogP) is 2.58. The number of carbonyl (C=O) groups is 1. The van der Waals surface area contributed by atoms with Crippen LogP contribution in [0.3, 0.4) is 0 Å². The Hall–Kier alpha value is -2.89. The molecule has 0 aliphatic carbocycles. The number of carboxylic acids is 1. The standard InChI is InChI=1S/C17H17N3O3/c1-20-17-14(18-19-20)8-12(9-15(17)23-2)13(10-16(21)22)11-6-4-3-5-7-11/h3-9,13H,10H2,1-2H3,(H,21,22). The topological polar surface area (TPSA) is 77.2 Å². The molecule has 1 heterocycles. The quantitative estimate of drug-likeness (QED) is 0.783. The summed E-state index contributed by atoms with van der Waals surface area (Å²) < 4.78 is 7.10. The Balaban J connectivity index is 2.16. The van der Waals surface area contributed by atoms with E-state index < -0.39 is 5.97 Å². The fourth-order valence-corrected chi connectivity index (χ4v) is 2.82. The fourth-order valence-electron chi connectivity index (χ4n) is 2.82. The van der Waals surface area contributed by atoms with Crippen molar-refractivity contribution in [2.45, 2.75) is 12.3 Å². The molecular weight excluding hydrogens is 294 g/mol. The summed E-state index contributed by atoms with van der Waals surface area (Å²) in [5, 5.41) is 17.4. The zero-order valence-electron chi connectivity index (χ0n) is 12.9. The fraction of sp³-hybridized carbons (Fsp3) is 0.235. The van der Waals surface area contributed by atoms with E-state index in [-0.39, 0.29) is 12.3 Å². The first kappa shape index (κ1) is 15.0. The minimum atomic E-state index is -0.850. The highest BCUT2D eigenvalue weighted by Gasteiger charge is 2.21. The largest absolute Gasteiger partial charge is 0.494 e. The molecule has 118 valence electrons. The van der Waals surface area contributed by atoms with Gasteiger partial charge in [-0.15, -0.1) is 5.10 Å². The third-order valence-corrected chi connectivity index (χ3v) is 3.89. The van der Waals surface area contributed by atoms with E-state index in [4.69, 9.17) is 4.74 Å². The molecule has 1 N–H and O–H groups in total. The van der Waals surface area contributed by atoms with Gasteiger partial charge in [0.25, 0.3) is 0 Å². The summed E-state index contributed by atoms with van der Waals surface area (Å²) in [4.78, 5) is 11.3. The minimum absolute atomic E-state index is 0.00106. The van der Waals surface area contributed by atoms with Crippen molar-refractivity contribution in [1.82, 2.24) is 15.0 Å². The van der Waals surface area contributed by atoms with Crippen LogP contribution in [0.4, 0.5) is 0 Å². The van der Waals surface area contributed by atoms with Gasteiger partial charge in [-0.05, 0) is 23.3 Å². The number of aliphatic carboxylic acids is 1. The Morgan fingerprint density at radius 3 is 2.65 bits per heavy atom. The van der Waals surface area contributed by atoms with E-state index in [0.29, 0.717) is 11.3 Å². The van der Waals surface area contributed by atoms with E-state index >= 15 is 0 Å². The number of hydrogen-bond acceptors (Lipinski definition) is 4.